The fourth-order valence-corrected chi connectivity index (χ4v) is 0.898. The van der Waals surface area contributed by atoms with E-state index in [2.05, 4.69) is 11.8 Å². The molecule has 0 aliphatic carbocycles. The largest absolute Gasteiger partial charge is 0.370 e. The molecule has 0 bridgehead atoms. The van der Waals surface area contributed by atoms with E-state index < -0.39 is 0 Å². The SMILES string of the molecule is CC#CC.CC(=O)C1CCCO1. The van der Waals surface area contributed by atoms with Crippen LogP contribution in [-0.4, -0.2) is 18.5 Å². The van der Waals surface area contributed by atoms with Gasteiger partial charge in [0.2, 0.25) is 0 Å². The zero-order valence-electron chi connectivity index (χ0n) is 8.02. The van der Waals surface area contributed by atoms with Crippen molar-refractivity contribution in [3.63, 3.8) is 0 Å². The van der Waals surface area contributed by atoms with E-state index in [1.54, 1.807) is 6.92 Å². The standard InChI is InChI=1S/C6H10O2.C4H6/c1-5(7)6-3-2-4-8-6;1-3-4-2/h6H,2-4H2,1H3;1-2H3. The van der Waals surface area contributed by atoms with Gasteiger partial charge in [-0.25, -0.2) is 0 Å². The minimum atomic E-state index is -0.0741. The van der Waals surface area contributed by atoms with Gasteiger partial charge in [0, 0.05) is 6.61 Å². The zero-order chi connectivity index (χ0) is 9.40. The Balaban J connectivity index is 0.000000261. The first-order valence-corrected chi connectivity index (χ1v) is 4.18. The fourth-order valence-electron chi connectivity index (χ4n) is 0.898. The highest BCUT2D eigenvalue weighted by atomic mass is 16.5. The summed E-state index contributed by atoms with van der Waals surface area (Å²) in [6, 6.07) is 0. The van der Waals surface area contributed by atoms with Gasteiger partial charge in [-0.05, 0) is 33.6 Å². The van der Waals surface area contributed by atoms with Crippen molar-refractivity contribution in [3.8, 4) is 11.8 Å². The molecule has 1 heterocycles. The van der Waals surface area contributed by atoms with E-state index in [1.807, 2.05) is 13.8 Å². The number of Topliss-reactive ketones (excluding diaryl/α,β-unsaturated/α-hetero) is 1. The van der Waals surface area contributed by atoms with Gasteiger partial charge in [0.05, 0.1) is 0 Å². The monoisotopic (exact) mass is 168 g/mol. The first-order valence-electron chi connectivity index (χ1n) is 4.18. The average Bonchev–Trinajstić information content (AvgIpc) is 2.57. The van der Waals surface area contributed by atoms with E-state index in [0.717, 1.165) is 19.4 Å². The van der Waals surface area contributed by atoms with Crippen LogP contribution in [0.1, 0.15) is 33.6 Å². The van der Waals surface area contributed by atoms with Crippen molar-refractivity contribution in [2.45, 2.75) is 39.7 Å². The summed E-state index contributed by atoms with van der Waals surface area (Å²) in [5, 5.41) is 0. The Morgan fingerprint density at radius 1 is 1.42 bits per heavy atom. The van der Waals surface area contributed by atoms with Crippen LogP contribution < -0.4 is 0 Å². The molecule has 1 rings (SSSR count). The average molecular weight is 168 g/mol. The minimum Gasteiger partial charge on any atom is -0.370 e. The maximum absolute atomic E-state index is 10.5. The number of ketones is 1. The molecule has 12 heavy (non-hydrogen) atoms. The number of ether oxygens (including phenoxy) is 1. The predicted molar refractivity (Wildman–Crippen MR) is 48.8 cm³/mol. The van der Waals surface area contributed by atoms with Crippen molar-refractivity contribution in [2.24, 2.45) is 0 Å². The summed E-state index contributed by atoms with van der Waals surface area (Å²) in [5.41, 5.74) is 0. The number of carbonyl (C=O) groups excluding carboxylic acids is 1. The van der Waals surface area contributed by atoms with Crippen LogP contribution in [0.5, 0.6) is 0 Å². The minimum absolute atomic E-state index is 0.0741. The van der Waals surface area contributed by atoms with Crippen LogP contribution in [0.3, 0.4) is 0 Å². The molecular weight excluding hydrogens is 152 g/mol. The predicted octanol–water partition coefficient (Wildman–Crippen LogP) is 1.78. The van der Waals surface area contributed by atoms with Crippen LogP contribution in [0.2, 0.25) is 0 Å². The number of hydrogen-bond donors (Lipinski definition) is 0. The van der Waals surface area contributed by atoms with Gasteiger partial charge in [-0.3, -0.25) is 4.79 Å². The molecule has 0 aromatic rings. The zero-order valence-corrected chi connectivity index (χ0v) is 8.02. The van der Waals surface area contributed by atoms with Crippen LogP contribution in [0, 0.1) is 11.8 Å². The van der Waals surface area contributed by atoms with Crippen molar-refractivity contribution in [3.05, 3.63) is 0 Å². The van der Waals surface area contributed by atoms with Gasteiger partial charge in [0.25, 0.3) is 0 Å². The maximum Gasteiger partial charge on any atom is 0.158 e. The van der Waals surface area contributed by atoms with Gasteiger partial charge < -0.3 is 4.74 Å². The van der Waals surface area contributed by atoms with Crippen molar-refractivity contribution < 1.29 is 9.53 Å². The van der Waals surface area contributed by atoms with E-state index in [0.29, 0.717) is 0 Å². The lowest BCUT2D eigenvalue weighted by molar-refractivity contribution is -0.125. The Morgan fingerprint density at radius 2 is 2.00 bits per heavy atom. The molecule has 1 unspecified atom stereocenters. The number of rotatable bonds is 1. The molecule has 1 atom stereocenters. The van der Waals surface area contributed by atoms with E-state index in [1.165, 1.54) is 0 Å². The maximum atomic E-state index is 10.5. The topological polar surface area (TPSA) is 26.3 Å². The highest BCUT2D eigenvalue weighted by Gasteiger charge is 2.18. The Hall–Kier alpha value is -0.810. The molecule has 0 aromatic carbocycles. The normalized spacial score (nSPS) is 20.1. The highest BCUT2D eigenvalue weighted by Crippen LogP contribution is 2.11. The van der Waals surface area contributed by atoms with Crippen molar-refractivity contribution in [2.75, 3.05) is 6.61 Å². The molecule has 2 nitrogen and oxygen atoms in total. The lowest BCUT2D eigenvalue weighted by atomic mass is 10.2. The Bertz CT molecular complexity index is 174. The van der Waals surface area contributed by atoms with Gasteiger partial charge in [0.15, 0.2) is 5.78 Å². The Morgan fingerprint density at radius 3 is 2.17 bits per heavy atom. The summed E-state index contributed by atoms with van der Waals surface area (Å²) in [6.07, 6.45) is 1.90. The first-order chi connectivity index (χ1) is 5.72. The van der Waals surface area contributed by atoms with Gasteiger partial charge >= 0.3 is 0 Å². The van der Waals surface area contributed by atoms with Crippen molar-refractivity contribution in [1.82, 2.24) is 0 Å². The second kappa shape index (κ2) is 6.87. The molecule has 68 valence electrons. The molecular formula is C10H16O2. The second-order valence-electron chi connectivity index (χ2n) is 2.61. The van der Waals surface area contributed by atoms with Crippen LogP contribution in [0.25, 0.3) is 0 Å². The molecule has 1 aliphatic heterocycles. The third-order valence-corrected chi connectivity index (χ3v) is 1.63. The molecule has 2 heteroatoms. The number of hydrogen-bond acceptors (Lipinski definition) is 2. The van der Waals surface area contributed by atoms with Gasteiger partial charge in [-0.1, -0.05) is 0 Å². The molecule has 1 aliphatic rings. The van der Waals surface area contributed by atoms with Crippen LogP contribution >= 0.6 is 0 Å². The van der Waals surface area contributed by atoms with E-state index in [4.69, 9.17) is 4.74 Å². The van der Waals surface area contributed by atoms with Gasteiger partial charge in [-0.15, -0.1) is 11.8 Å². The summed E-state index contributed by atoms with van der Waals surface area (Å²) in [6.45, 7) is 5.99. The first kappa shape index (κ1) is 11.2. The lowest BCUT2D eigenvalue weighted by Gasteiger charge is -2.00. The van der Waals surface area contributed by atoms with Crippen LogP contribution in [-0.2, 0) is 9.53 Å². The quantitative estimate of drug-likeness (QED) is 0.558. The summed E-state index contributed by atoms with van der Waals surface area (Å²) >= 11 is 0. The highest BCUT2D eigenvalue weighted by molar-refractivity contribution is 5.80. The second-order valence-corrected chi connectivity index (χ2v) is 2.61. The molecule has 0 amide bonds. The molecule has 0 radical (unpaired) electrons. The van der Waals surface area contributed by atoms with Crippen LogP contribution in [0.15, 0.2) is 0 Å². The van der Waals surface area contributed by atoms with Crippen LogP contribution in [0.4, 0.5) is 0 Å². The Labute approximate surface area is 74.3 Å². The molecule has 0 aromatic heterocycles. The molecule has 1 fully saturated rings. The summed E-state index contributed by atoms with van der Waals surface area (Å²) < 4.78 is 5.06. The molecule has 0 saturated carbocycles. The molecule has 1 saturated heterocycles. The third kappa shape index (κ3) is 4.92. The molecule has 0 spiro atoms. The van der Waals surface area contributed by atoms with E-state index >= 15 is 0 Å². The lowest BCUT2D eigenvalue weighted by Crippen LogP contribution is -2.14. The third-order valence-electron chi connectivity index (χ3n) is 1.63. The summed E-state index contributed by atoms with van der Waals surface area (Å²) in [7, 11) is 0. The van der Waals surface area contributed by atoms with Crippen molar-refractivity contribution >= 4 is 5.78 Å². The summed E-state index contributed by atoms with van der Waals surface area (Å²) in [4.78, 5) is 10.5. The fraction of sp³-hybridized carbons (Fsp3) is 0.700. The van der Waals surface area contributed by atoms with E-state index in [-0.39, 0.29) is 11.9 Å². The smallest absolute Gasteiger partial charge is 0.158 e. The molecule has 0 N–H and O–H groups in total. The van der Waals surface area contributed by atoms with E-state index in [9.17, 15) is 4.79 Å². The summed E-state index contributed by atoms with van der Waals surface area (Å²) in [5.74, 6) is 5.53. The number of carbonyl (C=O) groups is 1. The Kier molecular flexibility index (Phi) is 6.41. The van der Waals surface area contributed by atoms with Crippen molar-refractivity contribution in [1.29, 1.82) is 0 Å². The van der Waals surface area contributed by atoms with Gasteiger partial charge in [0.1, 0.15) is 6.10 Å². The van der Waals surface area contributed by atoms with Gasteiger partial charge in [-0.2, -0.15) is 0 Å².